The van der Waals surface area contributed by atoms with Crippen molar-refractivity contribution in [2.45, 2.75) is 25.8 Å². The molecule has 0 aromatic heterocycles. The number of rotatable bonds is 4. The van der Waals surface area contributed by atoms with Crippen LogP contribution in [0.3, 0.4) is 0 Å². The Bertz CT molecular complexity index is 253. The molecule has 0 saturated heterocycles. The van der Waals surface area contributed by atoms with Gasteiger partial charge in [-0.25, -0.2) is 0 Å². The third-order valence-corrected chi connectivity index (χ3v) is 2.65. The summed E-state index contributed by atoms with van der Waals surface area (Å²) >= 11 is 0. The van der Waals surface area contributed by atoms with Gasteiger partial charge in [0.2, 0.25) is 0 Å². The Hall–Kier alpha value is -1.10. The smallest absolute Gasteiger partial charge is 0.320 e. The molecule has 0 aromatic rings. The monoisotopic (exact) mass is 187 g/mol. The maximum atomic E-state index is 10.5. The summed E-state index contributed by atoms with van der Waals surface area (Å²) in [5.74, 6) is -2.35. The number of carbonyl (C=O) groups is 2. The van der Waals surface area contributed by atoms with E-state index in [9.17, 15) is 9.59 Å². The van der Waals surface area contributed by atoms with Crippen molar-refractivity contribution in [2.24, 2.45) is 17.1 Å². The van der Waals surface area contributed by atoms with Gasteiger partial charge in [0, 0.05) is 0 Å². The third kappa shape index (κ3) is 1.98. The highest BCUT2D eigenvalue weighted by molar-refractivity contribution is 5.76. The molecule has 3 atom stereocenters. The van der Waals surface area contributed by atoms with E-state index >= 15 is 0 Å². The van der Waals surface area contributed by atoms with Crippen molar-refractivity contribution < 1.29 is 19.8 Å². The molecule has 1 fully saturated rings. The third-order valence-electron chi connectivity index (χ3n) is 2.65. The molecule has 13 heavy (non-hydrogen) atoms. The Morgan fingerprint density at radius 3 is 2.46 bits per heavy atom. The zero-order valence-electron chi connectivity index (χ0n) is 7.36. The lowest BCUT2D eigenvalue weighted by atomic mass is 9.97. The van der Waals surface area contributed by atoms with Gasteiger partial charge in [-0.2, -0.15) is 0 Å². The molecule has 1 saturated carbocycles. The molecule has 5 nitrogen and oxygen atoms in total. The van der Waals surface area contributed by atoms with Gasteiger partial charge in [0.05, 0.1) is 5.92 Å². The first kappa shape index (κ1) is 9.98. The van der Waals surface area contributed by atoms with E-state index < -0.39 is 29.3 Å². The molecule has 0 aliphatic heterocycles. The summed E-state index contributed by atoms with van der Waals surface area (Å²) in [4.78, 5) is 20.9. The minimum Gasteiger partial charge on any atom is -0.481 e. The molecular formula is C8H13NO4. The topological polar surface area (TPSA) is 101 Å². The van der Waals surface area contributed by atoms with E-state index in [4.69, 9.17) is 15.9 Å². The molecule has 1 aliphatic carbocycles. The average Bonchev–Trinajstić information content (AvgIpc) is 2.62. The lowest BCUT2D eigenvalue weighted by Gasteiger charge is -2.12. The van der Waals surface area contributed by atoms with Crippen LogP contribution in [-0.2, 0) is 9.59 Å². The molecule has 0 spiro atoms. The number of carboxylic acid groups (broad SMARTS) is 2. The van der Waals surface area contributed by atoms with Crippen molar-refractivity contribution >= 4 is 11.9 Å². The first-order valence-corrected chi connectivity index (χ1v) is 4.08. The number of aliphatic carboxylic acids is 2. The van der Waals surface area contributed by atoms with Gasteiger partial charge in [0.25, 0.3) is 0 Å². The van der Waals surface area contributed by atoms with Gasteiger partial charge < -0.3 is 15.9 Å². The standard InChI is InChI=1S/C8H13NO4/c1-8(2-4(8)6(10)11)3-5(9)7(12)13/h4-5H,2-3,9H2,1H3,(H,10,11)(H,12,13)/t4-,5+,8-/m1/s1. The highest BCUT2D eigenvalue weighted by Gasteiger charge is 2.55. The summed E-state index contributed by atoms with van der Waals surface area (Å²) in [6, 6.07) is -0.950. The van der Waals surface area contributed by atoms with Crippen molar-refractivity contribution in [3.05, 3.63) is 0 Å². The van der Waals surface area contributed by atoms with Gasteiger partial charge in [-0.15, -0.1) is 0 Å². The van der Waals surface area contributed by atoms with Crippen LogP contribution in [0.25, 0.3) is 0 Å². The second-order valence-corrected chi connectivity index (χ2v) is 3.90. The Labute approximate surface area is 75.5 Å². The van der Waals surface area contributed by atoms with Crippen LogP contribution in [0.15, 0.2) is 0 Å². The first-order chi connectivity index (χ1) is 5.87. The predicted octanol–water partition coefficient (Wildman–Crippen LogP) is -0.101. The molecule has 1 aliphatic rings. The van der Waals surface area contributed by atoms with Crippen molar-refractivity contribution in [1.82, 2.24) is 0 Å². The summed E-state index contributed by atoms with van der Waals surface area (Å²) in [7, 11) is 0. The lowest BCUT2D eigenvalue weighted by molar-refractivity contribution is -0.141. The Morgan fingerprint density at radius 1 is 1.62 bits per heavy atom. The van der Waals surface area contributed by atoms with E-state index in [-0.39, 0.29) is 6.42 Å². The fourth-order valence-electron chi connectivity index (χ4n) is 1.61. The summed E-state index contributed by atoms with van der Waals surface area (Å²) in [5.41, 5.74) is 4.90. The van der Waals surface area contributed by atoms with Crippen LogP contribution in [0.1, 0.15) is 19.8 Å². The van der Waals surface area contributed by atoms with Crippen LogP contribution in [0.5, 0.6) is 0 Å². The Morgan fingerprint density at radius 2 is 2.15 bits per heavy atom. The fourth-order valence-corrected chi connectivity index (χ4v) is 1.61. The minimum absolute atomic E-state index is 0.235. The van der Waals surface area contributed by atoms with E-state index in [1.807, 2.05) is 0 Å². The molecular weight excluding hydrogens is 174 g/mol. The molecule has 0 heterocycles. The second-order valence-electron chi connectivity index (χ2n) is 3.90. The largest absolute Gasteiger partial charge is 0.481 e. The van der Waals surface area contributed by atoms with Crippen LogP contribution < -0.4 is 5.73 Å². The summed E-state index contributed by atoms with van der Waals surface area (Å²) in [5, 5.41) is 17.2. The van der Waals surface area contributed by atoms with Crippen LogP contribution in [0, 0.1) is 11.3 Å². The van der Waals surface area contributed by atoms with Gasteiger partial charge >= 0.3 is 11.9 Å². The molecule has 0 unspecified atom stereocenters. The highest BCUT2D eigenvalue weighted by Crippen LogP contribution is 2.55. The highest BCUT2D eigenvalue weighted by atomic mass is 16.4. The quantitative estimate of drug-likeness (QED) is 0.570. The second kappa shape index (κ2) is 2.99. The summed E-state index contributed by atoms with van der Waals surface area (Å²) in [6.45, 7) is 1.76. The maximum Gasteiger partial charge on any atom is 0.320 e. The van der Waals surface area contributed by atoms with E-state index in [1.54, 1.807) is 6.92 Å². The van der Waals surface area contributed by atoms with Gasteiger partial charge in [0.1, 0.15) is 6.04 Å². The van der Waals surface area contributed by atoms with Crippen molar-refractivity contribution in [2.75, 3.05) is 0 Å². The van der Waals surface area contributed by atoms with Crippen LogP contribution in [-0.4, -0.2) is 28.2 Å². The molecule has 0 bridgehead atoms. The van der Waals surface area contributed by atoms with Crippen LogP contribution in [0.4, 0.5) is 0 Å². The van der Waals surface area contributed by atoms with E-state index in [2.05, 4.69) is 0 Å². The van der Waals surface area contributed by atoms with Gasteiger partial charge in [-0.1, -0.05) is 6.92 Å². The van der Waals surface area contributed by atoms with E-state index in [0.717, 1.165) is 0 Å². The van der Waals surface area contributed by atoms with Crippen molar-refractivity contribution in [3.8, 4) is 0 Å². The molecule has 0 radical (unpaired) electrons. The normalized spacial score (nSPS) is 33.8. The first-order valence-electron chi connectivity index (χ1n) is 4.08. The number of carboxylic acids is 2. The average molecular weight is 187 g/mol. The predicted molar refractivity (Wildman–Crippen MR) is 44.1 cm³/mol. The van der Waals surface area contributed by atoms with Crippen LogP contribution in [0.2, 0.25) is 0 Å². The van der Waals surface area contributed by atoms with Crippen LogP contribution >= 0.6 is 0 Å². The zero-order valence-corrected chi connectivity index (χ0v) is 7.36. The Kier molecular flexibility index (Phi) is 2.30. The zero-order chi connectivity index (χ0) is 10.2. The molecule has 4 N–H and O–H groups in total. The molecule has 0 aromatic carbocycles. The van der Waals surface area contributed by atoms with Gasteiger partial charge in [-0.05, 0) is 18.3 Å². The van der Waals surface area contributed by atoms with E-state index in [0.29, 0.717) is 6.42 Å². The number of nitrogens with two attached hydrogens (primary N) is 1. The van der Waals surface area contributed by atoms with Gasteiger partial charge in [-0.3, -0.25) is 9.59 Å². The molecule has 74 valence electrons. The SMILES string of the molecule is C[C@]1(C[C@H](N)C(=O)O)C[C@@H]1C(=O)O. The van der Waals surface area contributed by atoms with Gasteiger partial charge in [0.15, 0.2) is 0 Å². The molecule has 1 rings (SSSR count). The lowest BCUT2D eigenvalue weighted by Crippen LogP contribution is -2.33. The molecule has 5 heteroatoms. The minimum atomic E-state index is -1.07. The molecule has 0 amide bonds. The number of hydrogen-bond donors (Lipinski definition) is 3. The van der Waals surface area contributed by atoms with Crippen molar-refractivity contribution in [1.29, 1.82) is 0 Å². The summed E-state index contributed by atoms with van der Waals surface area (Å²) < 4.78 is 0. The van der Waals surface area contributed by atoms with E-state index in [1.165, 1.54) is 0 Å². The summed E-state index contributed by atoms with van der Waals surface area (Å²) in [6.07, 6.45) is 0.766. The maximum absolute atomic E-state index is 10.5. The van der Waals surface area contributed by atoms with Crippen molar-refractivity contribution in [3.63, 3.8) is 0 Å². The Balaban J connectivity index is 2.48. The number of hydrogen-bond acceptors (Lipinski definition) is 3. The fraction of sp³-hybridized carbons (Fsp3) is 0.750.